The van der Waals surface area contributed by atoms with Gasteiger partial charge in [0.05, 0.1) is 0 Å². The van der Waals surface area contributed by atoms with E-state index in [0.29, 0.717) is 12.8 Å². The number of furan rings is 1. The number of rotatable bonds is 4. The maximum absolute atomic E-state index is 12.3. The number of hydrogen-bond acceptors (Lipinski definition) is 3. The number of nitrogens with one attached hydrogen (secondary N) is 1. The summed E-state index contributed by atoms with van der Waals surface area (Å²) >= 11 is 0. The molecule has 1 aromatic heterocycles. The first-order valence-electron chi connectivity index (χ1n) is 7.88. The molecule has 4 heteroatoms. The monoisotopic (exact) mass is 298 g/mol. The minimum atomic E-state index is 0.215. The molecule has 0 bridgehead atoms. The van der Waals surface area contributed by atoms with Crippen molar-refractivity contribution in [1.29, 1.82) is 0 Å². The van der Waals surface area contributed by atoms with Crippen LogP contribution in [-0.4, -0.2) is 36.5 Å². The molecule has 2 heterocycles. The van der Waals surface area contributed by atoms with E-state index in [1.54, 1.807) is 0 Å². The molecule has 0 spiro atoms. The van der Waals surface area contributed by atoms with E-state index in [4.69, 9.17) is 4.42 Å². The number of benzene rings is 1. The summed E-state index contributed by atoms with van der Waals surface area (Å²) in [7, 11) is 0. The van der Waals surface area contributed by atoms with Gasteiger partial charge in [-0.3, -0.25) is 4.79 Å². The van der Waals surface area contributed by atoms with Gasteiger partial charge in [0.15, 0.2) is 0 Å². The smallest absolute Gasteiger partial charge is 0.223 e. The maximum atomic E-state index is 12.3. The van der Waals surface area contributed by atoms with E-state index in [1.165, 1.54) is 0 Å². The van der Waals surface area contributed by atoms with Crippen molar-refractivity contribution in [3.05, 3.63) is 48.2 Å². The second kappa shape index (κ2) is 6.79. The van der Waals surface area contributed by atoms with Crippen LogP contribution < -0.4 is 5.32 Å². The van der Waals surface area contributed by atoms with E-state index in [2.05, 4.69) is 12.2 Å². The average molecular weight is 298 g/mol. The molecule has 2 aromatic rings. The maximum Gasteiger partial charge on any atom is 0.223 e. The average Bonchev–Trinajstić information content (AvgIpc) is 3.03. The lowest BCUT2D eigenvalue weighted by Crippen LogP contribution is -2.52. The van der Waals surface area contributed by atoms with Gasteiger partial charge >= 0.3 is 0 Å². The fourth-order valence-corrected chi connectivity index (χ4v) is 2.86. The minimum absolute atomic E-state index is 0.215. The Morgan fingerprint density at radius 2 is 2.09 bits per heavy atom. The molecule has 1 fully saturated rings. The summed E-state index contributed by atoms with van der Waals surface area (Å²) < 4.78 is 5.85. The van der Waals surface area contributed by atoms with E-state index >= 15 is 0 Å². The molecule has 0 saturated carbocycles. The molecule has 1 amide bonds. The van der Waals surface area contributed by atoms with E-state index < -0.39 is 0 Å². The second-order valence-corrected chi connectivity index (χ2v) is 5.77. The predicted molar refractivity (Wildman–Crippen MR) is 86.5 cm³/mol. The van der Waals surface area contributed by atoms with Crippen LogP contribution in [0.15, 0.2) is 46.9 Å². The zero-order valence-corrected chi connectivity index (χ0v) is 12.9. The van der Waals surface area contributed by atoms with Gasteiger partial charge in [0.25, 0.3) is 0 Å². The molecule has 1 saturated heterocycles. The van der Waals surface area contributed by atoms with Crippen molar-refractivity contribution in [2.24, 2.45) is 0 Å². The lowest BCUT2D eigenvalue weighted by atomic mass is 10.1. The first kappa shape index (κ1) is 14.9. The molecule has 1 aliphatic rings. The summed E-state index contributed by atoms with van der Waals surface area (Å²) in [5.41, 5.74) is 1.07. The van der Waals surface area contributed by atoms with Crippen LogP contribution in [0.4, 0.5) is 0 Å². The van der Waals surface area contributed by atoms with Crippen LogP contribution in [-0.2, 0) is 11.2 Å². The van der Waals surface area contributed by atoms with Crippen LogP contribution in [0.2, 0.25) is 0 Å². The summed E-state index contributed by atoms with van der Waals surface area (Å²) in [6.07, 6.45) is 1.16. The normalized spacial score (nSPS) is 18.4. The van der Waals surface area contributed by atoms with Crippen LogP contribution in [0.1, 0.15) is 19.1 Å². The largest absolute Gasteiger partial charge is 0.461 e. The number of amides is 1. The number of piperazine rings is 1. The van der Waals surface area contributed by atoms with E-state index in [-0.39, 0.29) is 11.9 Å². The zero-order chi connectivity index (χ0) is 15.4. The van der Waals surface area contributed by atoms with Crippen LogP contribution in [0.5, 0.6) is 0 Å². The number of hydrogen-bond donors (Lipinski definition) is 1. The summed E-state index contributed by atoms with van der Waals surface area (Å²) in [5, 5.41) is 3.30. The van der Waals surface area contributed by atoms with Gasteiger partial charge in [0.2, 0.25) is 5.91 Å². The molecule has 116 valence electrons. The zero-order valence-electron chi connectivity index (χ0n) is 12.9. The summed E-state index contributed by atoms with van der Waals surface area (Å²) in [4.78, 5) is 14.3. The molecular formula is C18H22N2O2. The topological polar surface area (TPSA) is 45.5 Å². The van der Waals surface area contributed by atoms with E-state index in [1.807, 2.05) is 47.4 Å². The third-order valence-electron chi connectivity index (χ3n) is 4.13. The highest BCUT2D eigenvalue weighted by molar-refractivity contribution is 5.77. The standard InChI is InChI=1S/C18H22N2O2/c1-14-13-19-11-12-20(14)18(21)10-8-16-7-9-17(22-16)15-5-3-2-4-6-15/h2-7,9,14,19H,8,10-13H2,1H3/t14-/m1/s1. The van der Waals surface area contributed by atoms with E-state index in [9.17, 15) is 4.79 Å². The fraction of sp³-hybridized carbons (Fsp3) is 0.389. The van der Waals surface area contributed by atoms with Gasteiger partial charge in [0.1, 0.15) is 11.5 Å². The first-order valence-corrected chi connectivity index (χ1v) is 7.88. The summed E-state index contributed by atoms with van der Waals surface area (Å²) in [6, 6.07) is 14.2. The highest BCUT2D eigenvalue weighted by atomic mass is 16.3. The molecule has 1 atom stereocenters. The van der Waals surface area contributed by atoms with Gasteiger partial charge in [-0.05, 0) is 19.1 Å². The van der Waals surface area contributed by atoms with Crippen molar-refractivity contribution in [3.63, 3.8) is 0 Å². The van der Waals surface area contributed by atoms with Gasteiger partial charge in [-0.15, -0.1) is 0 Å². The summed E-state index contributed by atoms with van der Waals surface area (Å²) in [6.45, 7) is 4.65. The van der Waals surface area contributed by atoms with Gasteiger partial charge in [-0.25, -0.2) is 0 Å². The number of carbonyl (C=O) groups is 1. The Kier molecular flexibility index (Phi) is 4.59. The van der Waals surface area contributed by atoms with Gasteiger partial charge in [-0.2, -0.15) is 0 Å². The molecule has 0 unspecified atom stereocenters. The van der Waals surface area contributed by atoms with Crippen molar-refractivity contribution in [2.45, 2.75) is 25.8 Å². The quantitative estimate of drug-likeness (QED) is 0.944. The SMILES string of the molecule is C[C@@H]1CNCCN1C(=O)CCc1ccc(-c2ccccc2)o1. The van der Waals surface area contributed by atoms with Crippen molar-refractivity contribution < 1.29 is 9.21 Å². The molecule has 4 nitrogen and oxygen atoms in total. The lowest BCUT2D eigenvalue weighted by molar-refractivity contribution is -0.133. The molecule has 22 heavy (non-hydrogen) atoms. The first-order chi connectivity index (χ1) is 10.7. The van der Waals surface area contributed by atoms with Gasteiger partial charge in [-0.1, -0.05) is 30.3 Å². The molecule has 1 aromatic carbocycles. The highest BCUT2D eigenvalue weighted by Gasteiger charge is 2.22. The van der Waals surface area contributed by atoms with Crippen LogP contribution >= 0.6 is 0 Å². The predicted octanol–water partition coefficient (Wildman–Crippen LogP) is 2.70. The second-order valence-electron chi connectivity index (χ2n) is 5.77. The molecule has 0 radical (unpaired) electrons. The molecular weight excluding hydrogens is 276 g/mol. The number of nitrogens with zero attached hydrogens (tertiary/aromatic N) is 1. The third kappa shape index (κ3) is 3.39. The van der Waals surface area contributed by atoms with Crippen molar-refractivity contribution in [2.75, 3.05) is 19.6 Å². The molecule has 0 aliphatic carbocycles. The molecule has 3 rings (SSSR count). The number of aryl methyl sites for hydroxylation is 1. The highest BCUT2D eigenvalue weighted by Crippen LogP contribution is 2.22. The third-order valence-corrected chi connectivity index (χ3v) is 4.13. The van der Waals surface area contributed by atoms with Crippen molar-refractivity contribution in [3.8, 4) is 11.3 Å². The van der Waals surface area contributed by atoms with Crippen molar-refractivity contribution >= 4 is 5.91 Å². The fourth-order valence-electron chi connectivity index (χ4n) is 2.86. The molecule has 1 aliphatic heterocycles. The Hall–Kier alpha value is -2.07. The Balaban J connectivity index is 1.58. The van der Waals surface area contributed by atoms with Crippen LogP contribution in [0, 0.1) is 0 Å². The van der Waals surface area contributed by atoms with Crippen molar-refractivity contribution in [1.82, 2.24) is 10.2 Å². The Morgan fingerprint density at radius 3 is 2.86 bits per heavy atom. The van der Waals surface area contributed by atoms with E-state index in [0.717, 1.165) is 36.7 Å². The van der Waals surface area contributed by atoms with Crippen LogP contribution in [0.25, 0.3) is 11.3 Å². The Morgan fingerprint density at radius 1 is 1.27 bits per heavy atom. The Labute approximate surface area is 131 Å². The van der Waals surface area contributed by atoms with Gasteiger partial charge in [0, 0.05) is 44.1 Å². The van der Waals surface area contributed by atoms with Gasteiger partial charge < -0.3 is 14.6 Å². The van der Waals surface area contributed by atoms with Crippen LogP contribution in [0.3, 0.4) is 0 Å². The number of carbonyl (C=O) groups excluding carboxylic acids is 1. The molecule has 1 N–H and O–H groups in total. The lowest BCUT2D eigenvalue weighted by Gasteiger charge is -2.34. The Bertz CT molecular complexity index is 621. The summed E-state index contributed by atoms with van der Waals surface area (Å²) in [5.74, 6) is 1.94. The minimum Gasteiger partial charge on any atom is -0.461 e.